The molecule has 0 radical (unpaired) electrons. The Balaban J connectivity index is 2.24. The number of aryl methyl sites for hydroxylation is 3. The van der Waals surface area contributed by atoms with Crippen LogP contribution < -0.4 is 5.32 Å². The van der Waals surface area contributed by atoms with Crippen molar-refractivity contribution in [1.82, 2.24) is 0 Å². The summed E-state index contributed by atoms with van der Waals surface area (Å²) >= 11 is 0. The Kier molecular flexibility index (Phi) is 4.57. The fraction of sp³-hybridized carbons (Fsp3) is 0.278. The van der Waals surface area contributed by atoms with Crippen LogP contribution >= 0.6 is 0 Å². The highest BCUT2D eigenvalue weighted by atomic mass is 16.1. The molecule has 2 heteroatoms. The van der Waals surface area contributed by atoms with Crippen molar-refractivity contribution < 1.29 is 4.79 Å². The molecule has 0 saturated carbocycles. The van der Waals surface area contributed by atoms with E-state index in [1.54, 1.807) is 0 Å². The van der Waals surface area contributed by atoms with Gasteiger partial charge in [-0.25, -0.2) is 0 Å². The lowest BCUT2D eigenvalue weighted by Gasteiger charge is -2.14. The van der Waals surface area contributed by atoms with Gasteiger partial charge < -0.3 is 5.32 Å². The number of anilines is 1. The van der Waals surface area contributed by atoms with Crippen LogP contribution in [-0.4, -0.2) is 5.91 Å². The van der Waals surface area contributed by atoms with E-state index in [2.05, 4.69) is 24.4 Å². The summed E-state index contributed by atoms with van der Waals surface area (Å²) < 4.78 is 0. The summed E-state index contributed by atoms with van der Waals surface area (Å²) in [7, 11) is 0. The molecule has 2 nitrogen and oxygen atoms in total. The molecule has 0 saturated heterocycles. The average Bonchev–Trinajstić information content (AvgIpc) is 2.44. The molecule has 20 heavy (non-hydrogen) atoms. The van der Waals surface area contributed by atoms with Crippen molar-refractivity contribution in [2.75, 3.05) is 5.32 Å². The maximum Gasteiger partial charge on any atom is 0.255 e. The van der Waals surface area contributed by atoms with Crippen LogP contribution in [0.15, 0.2) is 42.5 Å². The number of carbonyl (C=O) groups is 1. The van der Waals surface area contributed by atoms with Crippen LogP contribution in [0, 0.1) is 13.8 Å². The quantitative estimate of drug-likeness (QED) is 0.867. The minimum absolute atomic E-state index is 0.0555. The first-order chi connectivity index (χ1) is 9.61. The van der Waals surface area contributed by atoms with Gasteiger partial charge in [-0.3, -0.25) is 4.79 Å². The summed E-state index contributed by atoms with van der Waals surface area (Å²) in [5.74, 6) is -0.0555. The number of rotatable bonds is 4. The molecule has 104 valence electrons. The summed E-state index contributed by atoms with van der Waals surface area (Å²) in [6, 6.07) is 13.6. The lowest BCUT2D eigenvalue weighted by Crippen LogP contribution is -2.13. The maximum atomic E-state index is 12.2. The lowest BCUT2D eigenvalue weighted by molar-refractivity contribution is 0.102. The van der Waals surface area contributed by atoms with E-state index in [1.807, 2.05) is 44.2 Å². The fourth-order valence-electron chi connectivity index (χ4n) is 2.46. The van der Waals surface area contributed by atoms with E-state index in [1.165, 1.54) is 5.56 Å². The smallest absolute Gasteiger partial charge is 0.255 e. The van der Waals surface area contributed by atoms with Gasteiger partial charge in [0.1, 0.15) is 0 Å². The second-order valence-electron chi connectivity index (χ2n) is 5.17. The molecule has 0 unspecified atom stereocenters. The normalized spacial score (nSPS) is 10.3. The summed E-state index contributed by atoms with van der Waals surface area (Å²) in [6.45, 7) is 6.27. The molecule has 0 aliphatic heterocycles. The molecular formula is C18H21NO. The van der Waals surface area contributed by atoms with Gasteiger partial charge in [0, 0.05) is 11.3 Å². The Morgan fingerprint density at radius 3 is 2.20 bits per heavy atom. The number of nitrogens with one attached hydrogen (secondary N) is 1. The third-order valence-electron chi connectivity index (χ3n) is 3.41. The van der Waals surface area contributed by atoms with Crippen molar-refractivity contribution in [3.8, 4) is 0 Å². The molecule has 0 aliphatic rings. The third-order valence-corrected chi connectivity index (χ3v) is 3.41. The molecule has 1 amide bonds. The lowest BCUT2D eigenvalue weighted by atomic mass is 10.0. The first-order valence-corrected chi connectivity index (χ1v) is 7.08. The number of carbonyl (C=O) groups excluding carboxylic acids is 1. The Bertz CT molecular complexity index is 579. The van der Waals surface area contributed by atoms with Gasteiger partial charge in [0.2, 0.25) is 0 Å². The highest BCUT2D eigenvalue weighted by molar-refractivity contribution is 6.05. The fourth-order valence-corrected chi connectivity index (χ4v) is 2.46. The minimum atomic E-state index is -0.0555. The van der Waals surface area contributed by atoms with Gasteiger partial charge >= 0.3 is 0 Å². The molecule has 2 aromatic rings. The van der Waals surface area contributed by atoms with Crippen LogP contribution in [0.1, 0.15) is 40.4 Å². The van der Waals surface area contributed by atoms with Crippen LogP contribution in [0.5, 0.6) is 0 Å². The van der Waals surface area contributed by atoms with Crippen LogP contribution in [0.4, 0.5) is 5.69 Å². The van der Waals surface area contributed by atoms with E-state index in [0.717, 1.165) is 29.7 Å². The highest BCUT2D eigenvalue weighted by Crippen LogP contribution is 2.23. The van der Waals surface area contributed by atoms with Crippen molar-refractivity contribution in [3.63, 3.8) is 0 Å². The molecule has 0 bridgehead atoms. The standard InChI is InChI=1S/C18H21NO/c1-4-8-15-11-13(2)17(14(3)12-15)19-18(20)16-9-6-5-7-10-16/h5-7,9-12H,4,8H2,1-3H3,(H,19,20). The second kappa shape index (κ2) is 6.38. The summed E-state index contributed by atoms with van der Waals surface area (Å²) in [6.07, 6.45) is 2.21. The molecule has 0 heterocycles. The van der Waals surface area contributed by atoms with Gasteiger partial charge in [-0.15, -0.1) is 0 Å². The van der Waals surface area contributed by atoms with Crippen LogP contribution in [0.25, 0.3) is 0 Å². The molecular weight excluding hydrogens is 246 g/mol. The minimum Gasteiger partial charge on any atom is -0.322 e. The summed E-state index contributed by atoms with van der Waals surface area (Å²) in [4.78, 5) is 12.2. The van der Waals surface area contributed by atoms with E-state index < -0.39 is 0 Å². The number of amides is 1. The van der Waals surface area contributed by atoms with Crippen molar-refractivity contribution in [1.29, 1.82) is 0 Å². The van der Waals surface area contributed by atoms with Crippen molar-refractivity contribution in [2.24, 2.45) is 0 Å². The maximum absolute atomic E-state index is 12.2. The molecule has 2 rings (SSSR count). The summed E-state index contributed by atoms with van der Waals surface area (Å²) in [5.41, 5.74) is 5.19. The topological polar surface area (TPSA) is 29.1 Å². The molecule has 0 aliphatic carbocycles. The van der Waals surface area contributed by atoms with Crippen molar-refractivity contribution in [3.05, 3.63) is 64.7 Å². The first-order valence-electron chi connectivity index (χ1n) is 7.08. The SMILES string of the molecule is CCCc1cc(C)c(NC(=O)c2ccccc2)c(C)c1. The average molecular weight is 267 g/mol. The van der Waals surface area contributed by atoms with Gasteiger partial charge in [-0.05, 0) is 49.1 Å². The van der Waals surface area contributed by atoms with E-state index in [4.69, 9.17) is 0 Å². The largest absolute Gasteiger partial charge is 0.322 e. The van der Waals surface area contributed by atoms with Gasteiger partial charge in [0.25, 0.3) is 5.91 Å². The predicted molar refractivity (Wildman–Crippen MR) is 84.3 cm³/mol. The van der Waals surface area contributed by atoms with E-state index in [0.29, 0.717) is 5.56 Å². The molecule has 0 atom stereocenters. The Labute approximate surface area is 120 Å². The Morgan fingerprint density at radius 1 is 1.05 bits per heavy atom. The number of hydrogen-bond donors (Lipinski definition) is 1. The highest BCUT2D eigenvalue weighted by Gasteiger charge is 2.10. The zero-order chi connectivity index (χ0) is 14.5. The zero-order valence-electron chi connectivity index (χ0n) is 12.4. The zero-order valence-corrected chi connectivity index (χ0v) is 12.4. The molecule has 0 spiro atoms. The van der Waals surface area contributed by atoms with Crippen molar-refractivity contribution in [2.45, 2.75) is 33.6 Å². The van der Waals surface area contributed by atoms with Crippen LogP contribution in [-0.2, 0) is 6.42 Å². The Morgan fingerprint density at radius 2 is 1.65 bits per heavy atom. The Hall–Kier alpha value is -2.09. The van der Waals surface area contributed by atoms with Gasteiger partial charge in [0.15, 0.2) is 0 Å². The van der Waals surface area contributed by atoms with Crippen molar-refractivity contribution >= 4 is 11.6 Å². The molecule has 1 N–H and O–H groups in total. The third kappa shape index (κ3) is 3.27. The van der Waals surface area contributed by atoms with E-state index >= 15 is 0 Å². The summed E-state index contributed by atoms with van der Waals surface area (Å²) in [5, 5.41) is 3.03. The van der Waals surface area contributed by atoms with Gasteiger partial charge in [0.05, 0.1) is 0 Å². The van der Waals surface area contributed by atoms with Crippen LogP contribution in [0.2, 0.25) is 0 Å². The number of hydrogen-bond acceptors (Lipinski definition) is 1. The van der Waals surface area contributed by atoms with Gasteiger partial charge in [-0.1, -0.05) is 43.7 Å². The first kappa shape index (κ1) is 14.3. The molecule has 0 fully saturated rings. The molecule has 2 aromatic carbocycles. The van der Waals surface area contributed by atoms with E-state index in [-0.39, 0.29) is 5.91 Å². The van der Waals surface area contributed by atoms with Crippen LogP contribution in [0.3, 0.4) is 0 Å². The van der Waals surface area contributed by atoms with Gasteiger partial charge in [-0.2, -0.15) is 0 Å². The molecule has 0 aromatic heterocycles. The second-order valence-corrected chi connectivity index (χ2v) is 5.17. The monoisotopic (exact) mass is 267 g/mol. The predicted octanol–water partition coefficient (Wildman–Crippen LogP) is 4.51. The number of benzene rings is 2. The van der Waals surface area contributed by atoms with E-state index in [9.17, 15) is 4.79 Å².